The molecule has 0 bridgehead atoms. The van der Waals surface area contributed by atoms with Crippen LogP contribution in [0.4, 0.5) is 5.69 Å². The Morgan fingerprint density at radius 2 is 1.73 bits per heavy atom. The molecule has 11 heavy (non-hydrogen) atoms. The molecule has 1 rings (SSSR count). The molecule has 0 amide bonds. The number of nitrogens with zero attached hydrogens (tertiary/aromatic N) is 1. The quantitative estimate of drug-likeness (QED) is 0.592. The second-order valence-corrected chi connectivity index (χ2v) is 3.11. The summed E-state index contributed by atoms with van der Waals surface area (Å²) in [5.41, 5.74) is 4.04. The Labute approximate surface area is 68.7 Å². The van der Waals surface area contributed by atoms with E-state index in [1.807, 2.05) is 0 Å². The molecule has 1 aromatic carbocycles. The highest BCUT2D eigenvalue weighted by Crippen LogP contribution is 2.19. The van der Waals surface area contributed by atoms with Crippen molar-refractivity contribution in [1.82, 2.24) is 0 Å². The fourth-order valence-electron chi connectivity index (χ4n) is 1.22. The smallest absolute Gasteiger partial charge is 0.0393 e. The van der Waals surface area contributed by atoms with Crippen LogP contribution in [-0.2, 0) is 0 Å². The summed E-state index contributed by atoms with van der Waals surface area (Å²) in [7, 11) is 4.14. The van der Waals surface area contributed by atoms with Gasteiger partial charge in [-0.15, -0.1) is 0 Å². The van der Waals surface area contributed by atoms with Crippen molar-refractivity contribution in [3.8, 4) is 0 Å². The molecular weight excluding hydrogens is 134 g/mol. The van der Waals surface area contributed by atoms with Gasteiger partial charge in [0, 0.05) is 19.8 Å². The van der Waals surface area contributed by atoms with E-state index in [-0.39, 0.29) is 0 Å². The summed E-state index contributed by atoms with van der Waals surface area (Å²) in [6.07, 6.45) is 0. The average Bonchev–Trinajstić information content (AvgIpc) is 1.94. The molecule has 60 valence electrons. The van der Waals surface area contributed by atoms with Gasteiger partial charge < -0.3 is 4.90 Å². The first-order valence-electron chi connectivity index (χ1n) is 3.86. The van der Waals surface area contributed by atoms with E-state index in [9.17, 15) is 0 Å². The van der Waals surface area contributed by atoms with E-state index in [0.717, 1.165) is 0 Å². The van der Waals surface area contributed by atoms with Crippen LogP contribution < -0.4 is 4.90 Å². The zero-order valence-corrected chi connectivity index (χ0v) is 7.68. The van der Waals surface area contributed by atoms with Crippen LogP contribution in [0, 0.1) is 13.8 Å². The SMILES string of the molecule is Cc1cccc(N(C)C)c1C. The molecular formula is C10H15N. The van der Waals surface area contributed by atoms with Crippen LogP contribution in [0.3, 0.4) is 0 Å². The van der Waals surface area contributed by atoms with Gasteiger partial charge in [0.15, 0.2) is 0 Å². The average molecular weight is 149 g/mol. The van der Waals surface area contributed by atoms with E-state index in [1.165, 1.54) is 16.8 Å². The summed E-state index contributed by atoms with van der Waals surface area (Å²) in [4.78, 5) is 2.14. The maximum absolute atomic E-state index is 2.16. The van der Waals surface area contributed by atoms with Crippen molar-refractivity contribution in [2.45, 2.75) is 13.8 Å². The number of benzene rings is 1. The van der Waals surface area contributed by atoms with Crippen molar-refractivity contribution in [2.75, 3.05) is 19.0 Å². The maximum Gasteiger partial charge on any atom is 0.0393 e. The lowest BCUT2D eigenvalue weighted by molar-refractivity contribution is 1.10. The van der Waals surface area contributed by atoms with Crippen LogP contribution in [0.25, 0.3) is 0 Å². The molecule has 1 aromatic rings. The fraction of sp³-hybridized carbons (Fsp3) is 0.400. The fourth-order valence-corrected chi connectivity index (χ4v) is 1.22. The number of aryl methyl sites for hydroxylation is 1. The normalized spacial score (nSPS) is 9.82. The zero-order valence-electron chi connectivity index (χ0n) is 7.68. The molecule has 0 aliphatic carbocycles. The van der Waals surface area contributed by atoms with Gasteiger partial charge in [0.05, 0.1) is 0 Å². The molecule has 0 N–H and O–H groups in total. The molecule has 0 heterocycles. The van der Waals surface area contributed by atoms with Gasteiger partial charge in [-0.05, 0) is 31.0 Å². The Morgan fingerprint density at radius 1 is 1.09 bits per heavy atom. The highest BCUT2D eigenvalue weighted by molar-refractivity contribution is 5.54. The largest absolute Gasteiger partial charge is 0.377 e. The van der Waals surface area contributed by atoms with Crippen LogP contribution in [0.5, 0.6) is 0 Å². The minimum absolute atomic E-state index is 1.31. The summed E-state index contributed by atoms with van der Waals surface area (Å²) in [6.45, 7) is 4.30. The Bertz CT molecular complexity index is 251. The van der Waals surface area contributed by atoms with E-state index in [2.05, 4.69) is 51.0 Å². The molecule has 0 saturated carbocycles. The van der Waals surface area contributed by atoms with Crippen LogP contribution in [0.1, 0.15) is 11.1 Å². The van der Waals surface area contributed by atoms with E-state index >= 15 is 0 Å². The molecule has 0 radical (unpaired) electrons. The van der Waals surface area contributed by atoms with E-state index in [4.69, 9.17) is 0 Å². The molecule has 0 unspecified atom stereocenters. The first-order valence-corrected chi connectivity index (χ1v) is 3.86. The predicted octanol–water partition coefficient (Wildman–Crippen LogP) is 2.37. The lowest BCUT2D eigenvalue weighted by Gasteiger charge is -2.16. The Balaban J connectivity index is 3.17. The lowest BCUT2D eigenvalue weighted by atomic mass is 10.1. The Kier molecular flexibility index (Phi) is 2.18. The predicted molar refractivity (Wildman–Crippen MR) is 50.2 cm³/mol. The number of hydrogen-bond acceptors (Lipinski definition) is 1. The summed E-state index contributed by atoms with van der Waals surface area (Å²) in [6, 6.07) is 6.38. The van der Waals surface area contributed by atoms with E-state index in [0.29, 0.717) is 0 Å². The van der Waals surface area contributed by atoms with Crippen LogP contribution in [0.2, 0.25) is 0 Å². The van der Waals surface area contributed by atoms with Crippen molar-refractivity contribution in [3.05, 3.63) is 29.3 Å². The van der Waals surface area contributed by atoms with E-state index in [1.54, 1.807) is 0 Å². The number of hydrogen-bond donors (Lipinski definition) is 0. The van der Waals surface area contributed by atoms with Gasteiger partial charge in [0.1, 0.15) is 0 Å². The Morgan fingerprint density at radius 3 is 2.18 bits per heavy atom. The highest BCUT2D eigenvalue weighted by Gasteiger charge is 2.00. The zero-order chi connectivity index (χ0) is 8.43. The molecule has 0 spiro atoms. The summed E-state index contributed by atoms with van der Waals surface area (Å²) in [5.74, 6) is 0. The van der Waals surface area contributed by atoms with Gasteiger partial charge in [-0.2, -0.15) is 0 Å². The molecule has 0 fully saturated rings. The monoisotopic (exact) mass is 149 g/mol. The van der Waals surface area contributed by atoms with Gasteiger partial charge in [-0.3, -0.25) is 0 Å². The molecule has 1 nitrogen and oxygen atoms in total. The molecule has 0 aliphatic heterocycles. The van der Waals surface area contributed by atoms with Crippen LogP contribution >= 0.6 is 0 Å². The summed E-state index contributed by atoms with van der Waals surface area (Å²) >= 11 is 0. The minimum Gasteiger partial charge on any atom is -0.377 e. The third-order valence-electron chi connectivity index (χ3n) is 2.06. The number of anilines is 1. The minimum atomic E-state index is 1.31. The number of rotatable bonds is 1. The van der Waals surface area contributed by atoms with Crippen molar-refractivity contribution in [1.29, 1.82) is 0 Å². The third kappa shape index (κ3) is 1.53. The van der Waals surface area contributed by atoms with Crippen LogP contribution in [-0.4, -0.2) is 14.1 Å². The second kappa shape index (κ2) is 2.95. The molecule has 1 heteroatoms. The first-order chi connectivity index (χ1) is 5.13. The first kappa shape index (κ1) is 8.12. The van der Waals surface area contributed by atoms with Gasteiger partial charge in [-0.1, -0.05) is 12.1 Å². The standard InChI is InChI=1S/C10H15N/c1-8-6-5-7-10(9(8)2)11(3)4/h5-7H,1-4H3. The van der Waals surface area contributed by atoms with Gasteiger partial charge >= 0.3 is 0 Å². The third-order valence-corrected chi connectivity index (χ3v) is 2.06. The van der Waals surface area contributed by atoms with Gasteiger partial charge in [-0.25, -0.2) is 0 Å². The molecule has 0 atom stereocenters. The van der Waals surface area contributed by atoms with Gasteiger partial charge in [0.25, 0.3) is 0 Å². The van der Waals surface area contributed by atoms with Crippen molar-refractivity contribution >= 4 is 5.69 Å². The van der Waals surface area contributed by atoms with Crippen LogP contribution in [0.15, 0.2) is 18.2 Å². The van der Waals surface area contributed by atoms with E-state index < -0.39 is 0 Å². The van der Waals surface area contributed by atoms with Crippen molar-refractivity contribution < 1.29 is 0 Å². The van der Waals surface area contributed by atoms with Crippen molar-refractivity contribution in [3.63, 3.8) is 0 Å². The maximum atomic E-state index is 2.16. The summed E-state index contributed by atoms with van der Waals surface area (Å²) in [5, 5.41) is 0. The topological polar surface area (TPSA) is 3.24 Å². The summed E-state index contributed by atoms with van der Waals surface area (Å²) < 4.78 is 0. The molecule has 0 aliphatic rings. The van der Waals surface area contributed by atoms with Gasteiger partial charge in [0.2, 0.25) is 0 Å². The Hall–Kier alpha value is -0.980. The molecule has 0 aromatic heterocycles. The lowest BCUT2D eigenvalue weighted by Crippen LogP contribution is -2.10. The highest BCUT2D eigenvalue weighted by atomic mass is 15.1. The molecule has 0 saturated heterocycles. The van der Waals surface area contributed by atoms with Crippen molar-refractivity contribution in [2.24, 2.45) is 0 Å². The second-order valence-electron chi connectivity index (χ2n) is 3.11.